The molecule has 0 spiro atoms. The quantitative estimate of drug-likeness (QED) is 0.666. The minimum atomic E-state index is -0.0917. The molecule has 0 aromatic heterocycles. The molecule has 1 aliphatic heterocycles. The fourth-order valence-electron chi connectivity index (χ4n) is 3.20. The Labute approximate surface area is 155 Å². The number of anilines is 2. The molecule has 26 heavy (non-hydrogen) atoms. The van der Waals surface area contributed by atoms with E-state index in [1.54, 1.807) is 0 Å². The van der Waals surface area contributed by atoms with Gasteiger partial charge in [0.1, 0.15) is 0 Å². The Morgan fingerprint density at radius 1 is 1.15 bits per heavy atom. The molecule has 2 aromatic carbocycles. The SMILES string of the molecule is C/C(=N/NC(=O)CN1CCCc2ccccc21)c1ccc(N(C)C)cc1. The zero-order valence-corrected chi connectivity index (χ0v) is 15.7. The van der Waals surface area contributed by atoms with Gasteiger partial charge in [-0.15, -0.1) is 0 Å². The van der Waals surface area contributed by atoms with Gasteiger partial charge in [-0.05, 0) is 49.1 Å². The average molecular weight is 350 g/mol. The molecule has 5 nitrogen and oxygen atoms in total. The van der Waals surface area contributed by atoms with E-state index >= 15 is 0 Å². The highest BCUT2D eigenvalue weighted by molar-refractivity contribution is 5.99. The molecule has 0 atom stereocenters. The van der Waals surface area contributed by atoms with Crippen molar-refractivity contribution in [2.45, 2.75) is 19.8 Å². The van der Waals surface area contributed by atoms with Crippen molar-refractivity contribution < 1.29 is 4.79 Å². The molecule has 5 heteroatoms. The highest BCUT2D eigenvalue weighted by atomic mass is 16.2. The van der Waals surface area contributed by atoms with Gasteiger partial charge in [-0.2, -0.15) is 5.10 Å². The van der Waals surface area contributed by atoms with Crippen LogP contribution in [0.3, 0.4) is 0 Å². The third-order valence-corrected chi connectivity index (χ3v) is 4.69. The number of rotatable bonds is 5. The van der Waals surface area contributed by atoms with Crippen molar-refractivity contribution >= 4 is 23.0 Å². The van der Waals surface area contributed by atoms with Crippen molar-refractivity contribution in [3.63, 3.8) is 0 Å². The van der Waals surface area contributed by atoms with Crippen molar-refractivity contribution in [2.75, 3.05) is 37.0 Å². The number of fused-ring (bicyclic) bond motifs is 1. The number of nitrogens with one attached hydrogen (secondary N) is 1. The number of aryl methyl sites for hydroxylation is 1. The summed E-state index contributed by atoms with van der Waals surface area (Å²) in [5.74, 6) is -0.0917. The number of benzene rings is 2. The second kappa shape index (κ2) is 8.04. The molecule has 0 bridgehead atoms. The topological polar surface area (TPSA) is 47.9 Å². The third-order valence-electron chi connectivity index (χ3n) is 4.69. The van der Waals surface area contributed by atoms with E-state index in [4.69, 9.17) is 0 Å². The Morgan fingerprint density at radius 3 is 2.62 bits per heavy atom. The van der Waals surface area contributed by atoms with Gasteiger partial charge >= 0.3 is 0 Å². The van der Waals surface area contributed by atoms with Crippen LogP contribution in [0.1, 0.15) is 24.5 Å². The summed E-state index contributed by atoms with van der Waals surface area (Å²) in [6.07, 6.45) is 2.15. The van der Waals surface area contributed by atoms with E-state index < -0.39 is 0 Å². The van der Waals surface area contributed by atoms with Crippen LogP contribution in [0.4, 0.5) is 11.4 Å². The first-order valence-corrected chi connectivity index (χ1v) is 8.98. The number of hydrazone groups is 1. The van der Waals surface area contributed by atoms with Crippen molar-refractivity contribution in [3.8, 4) is 0 Å². The Balaban J connectivity index is 1.61. The third kappa shape index (κ3) is 4.23. The summed E-state index contributed by atoms with van der Waals surface area (Å²) < 4.78 is 0. The summed E-state index contributed by atoms with van der Waals surface area (Å²) in [5.41, 5.74) is 8.09. The van der Waals surface area contributed by atoms with Crippen LogP contribution in [-0.2, 0) is 11.2 Å². The Bertz CT molecular complexity index is 796. The molecule has 0 saturated carbocycles. The normalized spacial score (nSPS) is 14.0. The molecule has 0 aliphatic carbocycles. The van der Waals surface area contributed by atoms with Crippen molar-refractivity contribution in [2.24, 2.45) is 5.10 Å². The lowest BCUT2D eigenvalue weighted by atomic mass is 10.0. The smallest absolute Gasteiger partial charge is 0.259 e. The predicted molar refractivity (Wildman–Crippen MR) is 108 cm³/mol. The van der Waals surface area contributed by atoms with E-state index in [-0.39, 0.29) is 5.91 Å². The zero-order valence-electron chi connectivity index (χ0n) is 15.7. The van der Waals surface area contributed by atoms with Crippen LogP contribution in [0.2, 0.25) is 0 Å². The Morgan fingerprint density at radius 2 is 1.88 bits per heavy atom. The maximum absolute atomic E-state index is 12.3. The molecular formula is C21H26N4O. The van der Waals surface area contributed by atoms with Gasteiger partial charge in [0, 0.05) is 32.0 Å². The molecule has 0 saturated heterocycles. The van der Waals surface area contributed by atoms with Gasteiger partial charge in [-0.25, -0.2) is 5.43 Å². The van der Waals surface area contributed by atoms with Gasteiger partial charge in [0.05, 0.1) is 12.3 Å². The van der Waals surface area contributed by atoms with Gasteiger partial charge in [0.25, 0.3) is 5.91 Å². The minimum absolute atomic E-state index is 0.0917. The number of carbonyl (C=O) groups is 1. The van der Waals surface area contributed by atoms with Gasteiger partial charge < -0.3 is 9.80 Å². The highest BCUT2D eigenvalue weighted by Gasteiger charge is 2.18. The first-order chi connectivity index (χ1) is 12.5. The fourth-order valence-corrected chi connectivity index (χ4v) is 3.20. The molecule has 0 fully saturated rings. The second-order valence-corrected chi connectivity index (χ2v) is 6.83. The lowest BCUT2D eigenvalue weighted by Crippen LogP contribution is -2.38. The monoisotopic (exact) mass is 350 g/mol. The largest absolute Gasteiger partial charge is 0.378 e. The van der Waals surface area contributed by atoms with E-state index in [9.17, 15) is 4.79 Å². The molecule has 3 rings (SSSR count). The van der Waals surface area contributed by atoms with Crippen LogP contribution in [0.15, 0.2) is 53.6 Å². The van der Waals surface area contributed by atoms with Crippen LogP contribution < -0.4 is 15.2 Å². The lowest BCUT2D eigenvalue weighted by molar-refractivity contribution is -0.119. The number of hydrogen-bond donors (Lipinski definition) is 1. The first-order valence-electron chi connectivity index (χ1n) is 8.98. The lowest BCUT2D eigenvalue weighted by Gasteiger charge is -2.30. The zero-order chi connectivity index (χ0) is 18.5. The summed E-state index contributed by atoms with van der Waals surface area (Å²) in [4.78, 5) is 16.5. The number of carbonyl (C=O) groups excluding carboxylic acids is 1. The molecule has 0 radical (unpaired) electrons. The van der Waals surface area contributed by atoms with E-state index in [2.05, 4.69) is 38.5 Å². The molecule has 1 aliphatic rings. The summed E-state index contributed by atoms with van der Waals surface area (Å²) in [7, 11) is 4.02. The molecule has 1 N–H and O–H groups in total. The summed E-state index contributed by atoms with van der Waals surface area (Å²) in [6.45, 7) is 3.13. The standard InChI is InChI=1S/C21H26N4O/c1-16(17-10-12-19(13-11-17)24(2)3)22-23-21(26)15-25-14-6-8-18-7-4-5-9-20(18)25/h4-5,7,9-13H,6,8,14-15H2,1-3H3,(H,23,26)/b22-16-. The van der Waals surface area contributed by atoms with Crippen LogP contribution in [0.5, 0.6) is 0 Å². The average Bonchev–Trinajstić information content (AvgIpc) is 2.66. The molecule has 136 valence electrons. The van der Waals surface area contributed by atoms with E-state index in [1.165, 1.54) is 5.56 Å². The van der Waals surface area contributed by atoms with E-state index in [1.807, 2.05) is 51.4 Å². The number of hydrogen-bond acceptors (Lipinski definition) is 4. The van der Waals surface area contributed by atoms with Crippen molar-refractivity contribution in [1.29, 1.82) is 0 Å². The summed E-state index contributed by atoms with van der Waals surface area (Å²) >= 11 is 0. The highest BCUT2D eigenvalue weighted by Crippen LogP contribution is 2.26. The second-order valence-electron chi connectivity index (χ2n) is 6.83. The molecule has 1 heterocycles. The number of para-hydroxylation sites is 1. The minimum Gasteiger partial charge on any atom is -0.378 e. The van der Waals surface area contributed by atoms with E-state index in [0.29, 0.717) is 6.54 Å². The molecule has 1 amide bonds. The Hall–Kier alpha value is -2.82. The van der Waals surface area contributed by atoms with Crippen molar-refractivity contribution in [3.05, 3.63) is 59.7 Å². The predicted octanol–water partition coefficient (Wildman–Crippen LogP) is 3.05. The summed E-state index contributed by atoms with van der Waals surface area (Å²) in [5, 5.41) is 4.27. The van der Waals surface area contributed by atoms with Crippen LogP contribution in [-0.4, -0.2) is 38.8 Å². The fraction of sp³-hybridized carbons (Fsp3) is 0.333. The van der Waals surface area contributed by atoms with Gasteiger partial charge in [0.15, 0.2) is 0 Å². The number of nitrogens with zero attached hydrogens (tertiary/aromatic N) is 3. The maximum Gasteiger partial charge on any atom is 0.259 e. The van der Waals surface area contributed by atoms with E-state index in [0.717, 1.165) is 42.0 Å². The first kappa shape index (κ1) is 18.0. The summed E-state index contributed by atoms with van der Waals surface area (Å²) in [6, 6.07) is 16.4. The van der Waals surface area contributed by atoms with Gasteiger partial charge in [0.2, 0.25) is 0 Å². The van der Waals surface area contributed by atoms with Gasteiger partial charge in [-0.1, -0.05) is 30.3 Å². The van der Waals surface area contributed by atoms with Crippen LogP contribution >= 0.6 is 0 Å². The van der Waals surface area contributed by atoms with Gasteiger partial charge in [-0.3, -0.25) is 4.79 Å². The van der Waals surface area contributed by atoms with Crippen LogP contribution in [0, 0.1) is 0 Å². The van der Waals surface area contributed by atoms with Crippen LogP contribution in [0.25, 0.3) is 0 Å². The number of amides is 1. The molecule has 2 aromatic rings. The molecule has 0 unspecified atom stereocenters. The van der Waals surface area contributed by atoms with Crippen molar-refractivity contribution in [1.82, 2.24) is 5.43 Å². The maximum atomic E-state index is 12.3. The Kier molecular flexibility index (Phi) is 5.56. The molecular weight excluding hydrogens is 324 g/mol.